The van der Waals surface area contributed by atoms with Crippen molar-refractivity contribution in [3.05, 3.63) is 131 Å². The number of halogens is 1. The molecule has 47 heavy (non-hydrogen) atoms. The lowest BCUT2D eigenvalue weighted by atomic mass is 10.2. The largest absolute Gasteiger partial charge is 0.497 e. The van der Waals surface area contributed by atoms with Gasteiger partial charge in [-0.3, -0.25) is 14.4 Å². The van der Waals surface area contributed by atoms with Crippen LogP contribution >= 0.6 is 27.7 Å². The van der Waals surface area contributed by atoms with Gasteiger partial charge in [0.2, 0.25) is 5.91 Å². The Morgan fingerprint density at radius 1 is 0.787 bits per heavy atom. The van der Waals surface area contributed by atoms with E-state index in [9.17, 15) is 14.4 Å². The molecule has 0 spiro atoms. The van der Waals surface area contributed by atoms with E-state index in [1.54, 1.807) is 99.1 Å². The van der Waals surface area contributed by atoms with Crippen molar-refractivity contribution in [2.24, 2.45) is 0 Å². The van der Waals surface area contributed by atoms with E-state index in [1.807, 2.05) is 24.3 Å². The minimum atomic E-state index is -0.538. The highest BCUT2D eigenvalue weighted by Crippen LogP contribution is 2.27. The van der Waals surface area contributed by atoms with E-state index in [0.29, 0.717) is 40.0 Å². The molecule has 11 heteroatoms. The summed E-state index contributed by atoms with van der Waals surface area (Å²) in [5.74, 6) is 1.12. The molecular formula is C36H30BrN3O6S. The summed E-state index contributed by atoms with van der Waals surface area (Å²) in [6, 6.07) is 32.0. The first-order chi connectivity index (χ1) is 22.8. The molecule has 0 radical (unpaired) electrons. The average molecular weight is 713 g/mol. The number of anilines is 2. The third-order valence-electron chi connectivity index (χ3n) is 6.69. The van der Waals surface area contributed by atoms with Crippen LogP contribution in [-0.4, -0.2) is 37.7 Å². The van der Waals surface area contributed by atoms with E-state index in [4.69, 9.17) is 13.9 Å². The number of nitrogens with one attached hydrogen (secondary N) is 3. The molecule has 1 heterocycles. The van der Waals surface area contributed by atoms with Crippen LogP contribution in [0.25, 0.3) is 17.4 Å². The SMILES string of the molecule is COc1cc(NC(=O)CSc2ccc(NC(=O)C(=Cc3ccc(-c4ccc(Br)cc4)o3)NC(=O)c3ccccc3)cc2)cc(OC)c1. The van der Waals surface area contributed by atoms with Gasteiger partial charge in [-0.25, -0.2) is 0 Å². The van der Waals surface area contributed by atoms with Gasteiger partial charge in [0, 0.05) is 56.1 Å². The Labute approximate surface area is 284 Å². The lowest BCUT2D eigenvalue weighted by molar-refractivity contribution is -0.114. The van der Waals surface area contributed by atoms with Crippen LogP contribution in [0.2, 0.25) is 0 Å². The van der Waals surface area contributed by atoms with Gasteiger partial charge in [0.15, 0.2) is 0 Å². The number of carbonyl (C=O) groups is 3. The van der Waals surface area contributed by atoms with Crippen LogP contribution in [0.1, 0.15) is 16.1 Å². The highest BCUT2D eigenvalue weighted by molar-refractivity contribution is 9.10. The second-order valence-electron chi connectivity index (χ2n) is 10.0. The summed E-state index contributed by atoms with van der Waals surface area (Å²) < 4.78 is 17.4. The molecule has 0 saturated carbocycles. The highest BCUT2D eigenvalue weighted by atomic mass is 79.9. The lowest BCUT2D eigenvalue weighted by Crippen LogP contribution is -2.30. The third-order valence-corrected chi connectivity index (χ3v) is 8.23. The van der Waals surface area contributed by atoms with Crippen LogP contribution in [0.15, 0.2) is 129 Å². The fourth-order valence-corrected chi connectivity index (χ4v) is 5.31. The van der Waals surface area contributed by atoms with Crippen LogP contribution in [0.3, 0.4) is 0 Å². The van der Waals surface area contributed by atoms with Crippen LogP contribution < -0.4 is 25.4 Å². The highest BCUT2D eigenvalue weighted by Gasteiger charge is 2.17. The molecule has 0 atom stereocenters. The van der Waals surface area contributed by atoms with Gasteiger partial charge in [-0.05, 0) is 60.7 Å². The Morgan fingerprint density at radius 2 is 1.47 bits per heavy atom. The van der Waals surface area contributed by atoms with Gasteiger partial charge < -0.3 is 29.8 Å². The number of rotatable bonds is 12. The van der Waals surface area contributed by atoms with E-state index in [2.05, 4.69) is 31.9 Å². The van der Waals surface area contributed by atoms with Crippen molar-refractivity contribution in [2.75, 3.05) is 30.6 Å². The van der Waals surface area contributed by atoms with Crippen molar-refractivity contribution < 1.29 is 28.3 Å². The smallest absolute Gasteiger partial charge is 0.272 e. The maximum Gasteiger partial charge on any atom is 0.272 e. The van der Waals surface area contributed by atoms with Crippen molar-refractivity contribution in [3.8, 4) is 22.8 Å². The molecule has 0 aliphatic rings. The van der Waals surface area contributed by atoms with Crippen LogP contribution in [0.5, 0.6) is 11.5 Å². The number of thioether (sulfide) groups is 1. The topological polar surface area (TPSA) is 119 Å². The van der Waals surface area contributed by atoms with Gasteiger partial charge in [-0.1, -0.05) is 46.3 Å². The average Bonchev–Trinajstić information content (AvgIpc) is 3.56. The lowest BCUT2D eigenvalue weighted by Gasteiger charge is -2.12. The Morgan fingerprint density at radius 3 is 2.13 bits per heavy atom. The third kappa shape index (κ3) is 9.38. The molecule has 0 unspecified atom stereocenters. The summed E-state index contributed by atoms with van der Waals surface area (Å²) >= 11 is 4.77. The number of carbonyl (C=O) groups excluding carboxylic acids is 3. The van der Waals surface area contributed by atoms with E-state index in [1.165, 1.54) is 17.8 Å². The number of hydrogen-bond acceptors (Lipinski definition) is 7. The van der Waals surface area contributed by atoms with Crippen molar-refractivity contribution >= 4 is 62.9 Å². The second kappa shape index (κ2) is 15.8. The molecule has 0 bridgehead atoms. The molecule has 1 aromatic heterocycles. The van der Waals surface area contributed by atoms with Crippen molar-refractivity contribution in [2.45, 2.75) is 4.90 Å². The van der Waals surface area contributed by atoms with Gasteiger partial charge in [0.25, 0.3) is 11.8 Å². The molecule has 4 aromatic carbocycles. The second-order valence-corrected chi connectivity index (χ2v) is 12.0. The Kier molecular flexibility index (Phi) is 11.2. The monoisotopic (exact) mass is 711 g/mol. The van der Waals surface area contributed by atoms with Crippen molar-refractivity contribution in [3.63, 3.8) is 0 Å². The Bertz CT molecular complexity index is 1870. The van der Waals surface area contributed by atoms with Crippen LogP contribution in [-0.2, 0) is 9.59 Å². The minimum Gasteiger partial charge on any atom is -0.497 e. The van der Waals surface area contributed by atoms with Crippen LogP contribution in [0, 0.1) is 0 Å². The van der Waals surface area contributed by atoms with E-state index in [-0.39, 0.29) is 17.4 Å². The summed E-state index contributed by atoms with van der Waals surface area (Å²) in [5.41, 5.74) is 2.33. The molecule has 9 nitrogen and oxygen atoms in total. The molecule has 0 aliphatic carbocycles. The molecule has 3 N–H and O–H groups in total. The summed E-state index contributed by atoms with van der Waals surface area (Å²) in [4.78, 5) is 39.9. The number of amides is 3. The fourth-order valence-electron chi connectivity index (χ4n) is 4.34. The molecule has 0 fully saturated rings. The Balaban J connectivity index is 1.25. The summed E-state index contributed by atoms with van der Waals surface area (Å²) in [6.45, 7) is 0. The standard InChI is InChI=1S/C36H30BrN3O6S/c1-44-29-18-27(19-30(20-29)45-2)38-34(41)22-47-31-15-12-26(13-16-31)39-36(43)32(40-35(42)24-6-4-3-5-7-24)21-28-14-17-33(46-28)23-8-10-25(37)11-9-23/h3-21H,22H2,1-2H3,(H,38,41)(H,39,43)(H,40,42). The quantitative estimate of drug-likeness (QED) is 0.0890. The predicted octanol–water partition coefficient (Wildman–Crippen LogP) is 7.87. The molecule has 0 saturated heterocycles. The van der Waals surface area contributed by atoms with Gasteiger partial charge in [-0.2, -0.15) is 0 Å². The van der Waals surface area contributed by atoms with Gasteiger partial charge >= 0.3 is 0 Å². The minimum absolute atomic E-state index is 0.000135. The van der Waals surface area contributed by atoms with E-state index < -0.39 is 11.8 Å². The van der Waals surface area contributed by atoms with Gasteiger partial charge in [-0.15, -0.1) is 11.8 Å². The first-order valence-electron chi connectivity index (χ1n) is 14.3. The van der Waals surface area contributed by atoms with E-state index in [0.717, 1.165) is 14.9 Å². The molecule has 5 rings (SSSR count). The first-order valence-corrected chi connectivity index (χ1v) is 16.1. The molecule has 3 amide bonds. The zero-order valence-electron chi connectivity index (χ0n) is 25.4. The van der Waals surface area contributed by atoms with Gasteiger partial charge in [0.1, 0.15) is 28.7 Å². The number of ether oxygens (including phenoxy) is 2. The Hall–Kier alpha value is -5.26. The molecule has 0 aliphatic heterocycles. The first kappa shape index (κ1) is 33.1. The fraction of sp³-hybridized carbons (Fsp3) is 0.0833. The molecule has 238 valence electrons. The zero-order valence-corrected chi connectivity index (χ0v) is 27.8. The summed E-state index contributed by atoms with van der Waals surface area (Å²) in [6.07, 6.45) is 1.49. The number of methoxy groups -OCH3 is 2. The van der Waals surface area contributed by atoms with Crippen molar-refractivity contribution in [1.29, 1.82) is 0 Å². The number of hydrogen-bond donors (Lipinski definition) is 3. The van der Waals surface area contributed by atoms with E-state index >= 15 is 0 Å². The van der Waals surface area contributed by atoms with Crippen molar-refractivity contribution in [1.82, 2.24) is 5.32 Å². The van der Waals surface area contributed by atoms with Crippen LogP contribution in [0.4, 0.5) is 11.4 Å². The summed E-state index contributed by atoms with van der Waals surface area (Å²) in [5, 5.41) is 8.39. The normalized spacial score (nSPS) is 11.0. The predicted molar refractivity (Wildman–Crippen MR) is 188 cm³/mol. The zero-order chi connectivity index (χ0) is 33.2. The maximum atomic E-state index is 13.4. The summed E-state index contributed by atoms with van der Waals surface area (Å²) in [7, 11) is 3.08. The number of benzene rings is 4. The van der Waals surface area contributed by atoms with Gasteiger partial charge in [0.05, 0.1) is 20.0 Å². The maximum absolute atomic E-state index is 13.4. The number of furan rings is 1. The molecule has 5 aromatic rings. The molecular weight excluding hydrogens is 682 g/mol.